The highest BCUT2D eigenvalue weighted by Gasteiger charge is 2.27. The lowest BCUT2D eigenvalue weighted by atomic mass is 9.88. The van der Waals surface area contributed by atoms with E-state index in [1.807, 2.05) is 13.8 Å². The van der Waals surface area contributed by atoms with Crippen molar-refractivity contribution in [2.75, 3.05) is 13.2 Å². The Morgan fingerprint density at radius 3 is 2.53 bits per heavy atom. The van der Waals surface area contributed by atoms with Crippen molar-refractivity contribution >= 4 is 11.6 Å². The van der Waals surface area contributed by atoms with Gasteiger partial charge in [-0.25, -0.2) is 0 Å². The molecule has 32 heavy (non-hydrogen) atoms. The minimum atomic E-state index is -0.181. The van der Waals surface area contributed by atoms with Crippen LogP contribution in [0.5, 0.6) is 0 Å². The molecule has 4 heteroatoms. The molecule has 0 aliphatic heterocycles. The van der Waals surface area contributed by atoms with Crippen molar-refractivity contribution < 1.29 is 19.4 Å². The van der Waals surface area contributed by atoms with E-state index < -0.39 is 0 Å². The van der Waals surface area contributed by atoms with Crippen molar-refractivity contribution in [2.24, 2.45) is 17.8 Å². The Bertz CT molecular complexity index is 564. The van der Waals surface area contributed by atoms with E-state index in [0.29, 0.717) is 6.61 Å². The first-order valence-electron chi connectivity index (χ1n) is 13.1. The number of allylic oxidation sites excluding steroid dienone is 4. The number of ketones is 2. The molecule has 0 aromatic heterocycles. The fourth-order valence-corrected chi connectivity index (χ4v) is 4.21. The number of carbonyl (C=O) groups excluding carboxylic acids is 2. The summed E-state index contributed by atoms with van der Waals surface area (Å²) < 4.78 is 5.44. The lowest BCUT2D eigenvalue weighted by Crippen LogP contribution is -2.18. The molecule has 1 aliphatic carbocycles. The molecule has 1 aliphatic rings. The molecule has 0 saturated heterocycles. The second kappa shape index (κ2) is 18.2. The summed E-state index contributed by atoms with van der Waals surface area (Å²) in [6.07, 6.45) is 21.8. The van der Waals surface area contributed by atoms with E-state index in [-0.39, 0.29) is 42.0 Å². The number of Topliss-reactive ketones (excluding diaryl/α,β-unsaturated/α-hetero) is 1. The summed E-state index contributed by atoms with van der Waals surface area (Å²) in [7, 11) is 0. The van der Waals surface area contributed by atoms with Crippen LogP contribution in [0, 0.1) is 17.8 Å². The number of unbranched alkanes of at least 4 members (excludes halogenated alkanes) is 7. The molecule has 4 nitrogen and oxygen atoms in total. The third-order valence-corrected chi connectivity index (χ3v) is 6.50. The van der Waals surface area contributed by atoms with E-state index in [4.69, 9.17) is 4.74 Å². The van der Waals surface area contributed by atoms with Crippen LogP contribution in [0.4, 0.5) is 0 Å². The smallest absolute Gasteiger partial charge is 0.161 e. The number of carbonyl (C=O) groups is 2. The number of rotatable bonds is 20. The second-order valence-corrected chi connectivity index (χ2v) is 9.63. The minimum Gasteiger partial charge on any atom is -0.393 e. The monoisotopic (exact) mass is 448 g/mol. The van der Waals surface area contributed by atoms with Gasteiger partial charge < -0.3 is 9.84 Å². The zero-order valence-corrected chi connectivity index (χ0v) is 20.9. The van der Waals surface area contributed by atoms with Crippen molar-refractivity contribution in [3.8, 4) is 0 Å². The Labute approximate surface area is 196 Å². The molecule has 0 saturated carbocycles. The van der Waals surface area contributed by atoms with Crippen LogP contribution in [-0.2, 0) is 14.3 Å². The summed E-state index contributed by atoms with van der Waals surface area (Å²) in [5.74, 6) is 0.894. The maximum atomic E-state index is 12.3. The molecule has 0 fully saturated rings. The zero-order valence-electron chi connectivity index (χ0n) is 20.9. The number of aliphatic hydroxyl groups excluding tert-OH is 1. The third kappa shape index (κ3) is 13.3. The highest BCUT2D eigenvalue weighted by molar-refractivity contribution is 5.94. The first-order chi connectivity index (χ1) is 15.5. The second-order valence-electron chi connectivity index (χ2n) is 9.63. The fourth-order valence-electron chi connectivity index (χ4n) is 4.21. The predicted octanol–water partition coefficient (Wildman–Crippen LogP) is 6.61. The quantitative estimate of drug-likeness (QED) is 0.168. The average Bonchev–Trinajstić information content (AvgIpc) is 3.11. The number of aliphatic hydroxyl groups is 1. The molecule has 0 bridgehead atoms. The van der Waals surface area contributed by atoms with Crippen LogP contribution >= 0.6 is 0 Å². The van der Waals surface area contributed by atoms with E-state index >= 15 is 0 Å². The Morgan fingerprint density at radius 2 is 1.78 bits per heavy atom. The maximum Gasteiger partial charge on any atom is 0.161 e. The summed E-state index contributed by atoms with van der Waals surface area (Å²) >= 11 is 0. The molecule has 1 rings (SSSR count). The lowest BCUT2D eigenvalue weighted by molar-refractivity contribution is -0.127. The fraction of sp³-hybridized carbons (Fsp3) is 0.786. The standard InChI is InChI=1S/C28H48O4/c1-4-5-21-32-22-28(31)23(2)15-11-10-14-18-26-25(19-20-27(26)30)17-13-9-7-6-8-12-16-24(3)29/h13,17,19-20,23-26,29H,4-12,14-16,18,21-22H2,1-3H3/t23?,24?,25-,26+/m0/s1. The van der Waals surface area contributed by atoms with E-state index in [1.54, 1.807) is 6.08 Å². The van der Waals surface area contributed by atoms with Gasteiger partial charge in [0.2, 0.25) is 0 Å². The Morgan fingerprint density at radius 1 is 1.06 bits per heavy atom. The van der Waals surface area contributed by atoms with Crippen LogP contribution in [0.1, 0.15) is 104 Å². The zero-order chi connectivity index (χ0) is 23.6. The molecule has 184 valence electrons. The van der Waals surface area contributed by atoms with Crippen LogP contribution in [0.2, 0.25) is 0 Å². The van der Waals surface area contributed by atoms with Crippen molar-refractivity contribution in [3.05, 3.63) is 24.3 Å². The van der Waals surface area contributed by atoms with E-state index in [9.17, 15) is 14.7 Å². The highest BCUT2D eigenvalue weighted by atomic mass is 16.5. The first-order valence-corrected chi connectivity index (χ1v) is 13.1. The Balaban J connectivity index is 2.15. The first kappa shape index (κ1) is 28.8. The number of hydrogen-bond donors (Lipinski definition) is 1. The molecule has 0 aromatic carbocycles. The van der Waals surface area contributed by atoms with Gasteiger partial charge in [0.05, 0.1) is 6.10 Å². The summed E-state index contributed by atoms with van der Waals surface area (Å²) in [5, 5.41) is 9.28. The predicted molar refractivity (Wildman–Crippen MR) is 133 cm³/mol. The average molecular weight is 449 g/mol. The van der Waals surface area contributed by atoms with Gasteiger partial charge >= 0.3 is 0 Å². The molecule has 2 unspecified atom stereocenters. The lowest BCUT2D eigenvalue weighted by Gasteiger charge is -2.15. The van der Waals surface area contributed by atoms with E-state index in [0.717, 1.165) is 64.2 Å². The maximum absolute atomic E-state index is 12.3. The molecule has 0 radical (unpaired) electrons. The van der Waals surface area contributed by atoms with Crippen molar-refractivity contribution in [3.63, 3.8) is 0 Å². The van der Waals surface area contributed by atoms with Gasteiger partial charge in [0, 0.05) is 24.4 Å². The van der Waals surface area contributed by atoms with E-state index in [1.165, 1.54) is 19.3 Å². The van der Waals surface area contributed by atoms with Gasteiger partial charge in [-0.3, -0.25) is 9.59 Å². The van der Waals surface area contributed by atoms with Crippen LogP contribution < -0.4 is 0 Å². The van der Waals surface area contributed by atoms with Crippen LogP contribution in [0.15, 0.2) is 24.3 Å². The van der Waals surface area contributed by atoms with Gasteiger partial charge in [0.1, 0.15) is 6.61 Å². The molecule has 0 amide bonds. The van der Waals surface area contributed by atoms with Gasteiger partial charge in [-0.05, 0) is 51.5 Å². The third-order valence-electron chi connectivity index (χ3n) is 6.50. The topological polar surface area (TPSA) is 63.6 Å². The summed E-state index contributed by atoms with van der Waals surface area (Å²) in [6.45, 7) is 6.90. The van der Waals surface area contributed by atoms with Gasteiger partial charge in [-0.1, -0.05) is 77.0 Å². The molecular formula is C28H48O4. The molecule has 0 spiro atoms. The normalized spacial score (nSPS) is 20.3. The van der Waals surface area contributed by atoms with Gasteiger partial charge in [-0.15, -0.1) is 0 Å². The molecule has 0 heterocycles. The number of ether oxygens (including phenoxy) is 1. The Kier molecular flexibility index (Phi) is 16.4. The van der Waals surface area contributed by atoms with Gasteiger partial charge in [0.25, 0.3) is 0 Å². The van der Waals surface area contributed by atoms with Crippen molar-refractivity contribution in [1.82, 2.24) is 0 Å². The summed E-state index contributed by atoms with van der Waals surface area (Å²) in [6, 6.07) is 0. The van der Waals surface area contributed by atoms with E-state index in [2.05, 4.69) is 25.2 Å². The largest absolute Gasteiger partial charge is 0.393 e. The van der Waals surface area contributed by atoms with Crippen LogP contribution in [-0.4, -0.2) is 36.0 Å². The van der Waals surface area contributed by atoms with Crippen LogP contribution in [0.3, 0.4) is 0 Å². The summed E-state index contributed by atoms with van der Waals surface area (Å²) in [5.41, 5.74) is 0. The van der Waals surface area contributed by atoms with Crippen LogP contribution in [0.25, 0.3) is 0 Å². The molecule has 4 atom stereocenters. The van der Waals surface area contributed by atoms with Gasteiger partial charge in [0.15, 0.2) is 11.6 Å². The van der Waals surface area contributed by atoms with Gasteiger partial charge in [-0.2, -0.15) is 0 Å². The molecule has 0 aromatic rings. The highest BCUT2D eigenvalue weighted by Crippen LogP contribution is 2.29. The Hall–Kier alpha value is -1.26. The molecule has 1 N–H and O–H groups in total. The van der Waals surface area contributed by atoms with Crippen molar-refractivity contribution in [1.29, 1.82) is 0 Å². The SMILES string of the molecule is CCCCOCC(=O)C(C)CCCCC[C@H]1C(=O)C=C[C@@H]1C=CCCCCCCC(C)O. The minimum absolute atomic E-state index is 0.0640. The molecular weight excluding hydrogens is 400 g/mol. The van der Waals surface area contributed by atoms with Crippen molar-refractivity contribution in [2.45, 2.75) is 110 Å². The number of hydrogen-bond acceptors (Lipinski definition) is 4. The summed E-state index contributed by atoms with van der Waals surface area (Å²) in [4.78, 5) is 24.4.